The van der Waals surface area contributed by atoms with Crippen molar-refractivity contribution < 1.29 is 9.59 Å². The summed E-state index contributed by atoms with van der Waals surface area (Å²) in [5.41, 5.74) is 0. The van der Waals surface area contributed by atoms with Gasteiger partial charge in [0.05, 0.1) is 11.6 Å². The molecular formula is C14H16ClN5O2. The molecule has 0 aromatic carbocycles. The number of rotatable bonds is 5. The van der Waals surface area contributed by atoms with E-state index < -0.39 is 6.04 Å². The molecular weight excluding hydrogens is 306 g/mol. The van der Waals surface area contributed by atoms with Gasteiger partial charge in [0, 0.05) is 25.6 Å². The van der Waals surface area contributed by atoms with Gasteiger partial charge in [0.2, 0.25) is 11.8 Å². The van der Waals surface area contributed by atoms with Crippen LogP contribution in [0.3, 0.4) is 0 Å². The number of halogens is 1. The van der Waals surface area contributed by atoms with Crippen LogP contribution in [-0.2, 0) is 9.59 Å². The molecule has 0 saturated heterocycles. The number of likely N-dealkylation sites (N-methyl/N-ethyl adjacent to an activating group) is 1. The molecule has 0 spiro atoms. The maximum atomic E-state index is 12.2. The normalized spacial score (nSPS) is 11.8. The fraction of sp³-hybridized carbons (Fsp3) is 0.286. The highest BCUT2D eigenvalue weighted by Crippen LogP contribution is 2.10. The minimum Gasteiger partial charge on any atom is -0.335 e. The van der Waals surface area contributed by atoms with E-state index in [0.717, 1.165) is 0 Å². The molecule has 0 fully saturated rings. The Morgan fingerprint density at radius 2 is 2.23 bits per heavy atom. The number of hydrogen-bond acceptors (Lipinski definition) is 4. The van der Waals surface area contributed by atoms with E-state index >= 15 is 0 Å². The highest BCUT2D eigenvalue weighted by molar-refractivity contribution is 6.30. The van der Waals surface area contributed by atoms with E-state index in [1.165, 1.54) is 15.8 Å². The molecule has 1 N–H and O–H groups in total. The number of nitrogens with one attached hydrogen (secondary N) is 1. The lowest BCUT2D eigenvalue weighted by Gasteiger charge is -2.21. The third-order valence-electron chi connectivity index (χ3n) is 3.03. The van der Waals surface area contributed by atoms with Crippen molar-refractivity contribution in [2.75, 3.05) is 18.9 Å². The maximum absolute atomic E-state index is 12.2. The Morgan fingerprint density at radius 1 is 1.45 bits per heavy atom. The number of amides is 2. The van der Waals surface area contributed by atoms with Gasteiger partial charge in [-0.05, 0) is 25.1 Å². The van der Waals surface area contributed by atoms with Crippen LogP contribution in [-0.4, -0.2) is 45.1 Å². The van der Waals surface area contributed by atoms with E-state index in [1.54, 1.807) is 44.6 Å². The summed E-state index contributed by atoms with van der Waals surface area (Å²) in [6.07, 6.45) is 4.74. The minimum absolute atomic E-state index is 0.0747. The maximum Gasteiger partial charge on any atom is 0.247 e. The number of carbonyl (C=O) groups excluding carboxylic acids is 2. The zero-order valence-electron chi connectivity index (χ0n) is 12.2. The molecule has 2 rings (SSSR count). The van der Waals surface area contributed by atoms with Crippen molar-refractivity contribution in [3.8, 4) is 0 Å². The van der Waals surface area contributed by atoms with Gasteiger partial charge < -0.3 is 10.2 Å². The lowest BCUT2D eigenvalue weighted by molar-refractivity contribution is -0.136. The molecule has 2 aromatic rings. The van der Waals surface area contributed by atoms with Crippen molar-refractivity contribution in [1.29, 1.82) is 0 Å². The van der Waals surface area contributed by atoms with Crippen molar-refractivity contribution in [1.82, 2.24) is 19.7 Å². The molecule has 0 saturated carbocycles. The summed E-state index contributed by atoms with van der Waals surface area (Å²) in [4.78, 5) is 29.5. The number of aromatic nitrogens is 3. The van der Waals surface area contributed by atoms with E-state index in [0.29, 0.717) is 10.8 Å². The summed E-state index contributed by atoms with van der Waals surface area (Å²) in [5, 5.41) is 7.11. The standard InChI is InChI=1S/C14H16ClN5O2/c1-10(20-7-3-6-17-20)14(22)19(2)9-13(21)18-12-5-4-11(15)8-16-12/h3-8,10H,9H2,1-2H3,(H,16,18,21)/t10-/m0/s1. The monoisotopic (exact) mass is 321 g/mol. The molecule has 0 unspecified atom stereocenters. The molecule has 7 nitrogen and oxygen atoms in total. The van der Waals surface area contributed by atoms with Gasteiger partial charge in [0.15, 0.2) is 0 Å². The van der Waals surface area contributed by atoms with E-state index in [2.05, 4.69) is 15.4 Å². The smallest absolute Gasteiger partial charge is 0.247 e. The van der Waals surface area contributed by atoms with Gasteiger partial charge in [-0.1, -0.05) is 11.6 Å². The topological polar surface area (TPSA) is 80.1 Å². The average molecular weight is 322 g/mol. The number of hydrogen-bond donors (Lipinski definition) is 1. The zero-order valence-corrected chi connectivity index (χ0v) is 13.0. The molecule has 0 aliphatic carbocycles. The highest BCUT2D eigenvalue weighted by Gasteiger charge is 2.21. The van der Waals surface area contributed by atoms with Crippen LogP contribution in [0.1, 0.15) is 13.0 Å². The lowest BCUT2D eigenvalue weighted by Crippen LogP contribution is -2.38. The third-order valence-corrected chi connectivity index (χ3v) is 3.25. The second-order valence-corrected chi connectivity index (χ2v) is 5.20. The third kappa shape index (κ3) is 4.05. The van der Waals surface area contributed by atoms with E-state index in [1.807, 2.05) is 0 Å². The van der Waals surface area contributed by atoms with Crippen LogP contribution < -0.4 is 5.32 Å². The van der Waals surface area contributed by atoms with Crippen LogP contribution in [0.5, 0.6) is 0 Å². The number of carbonyl (C=O) groups is 2. The molecule has 0 aliphatic heterocycles. The Hall–Kier alpha value is -2.41. The number of anilines is 1. The van der Waals surface area contributed by atoms with E-state index in [4.69, 9.17) is 11.6 Å². The fourth-order valence-electron chi connectivity index (χ4n) is 1.87. The Kier molecular flexibility index (Phi) is 5.11. The van der Waals surface area contributed by atoms with E-state index in [9.17, 15) is 9.59 Å². The Morgan fingerprint density at radius 3 is 2.82 bits per heavy atom. The van der Waals surface area contributed by atoms with Crippen LogP contribution in [0.4, 0.5) is 5.82 Å². The minimum atomic E-state index is -0.471. The largest absolute Gasteiger partial charge is 0.335 e. The van der Waals surface area contributed by atoms with Crippen LogP contribution in [0.25, 0.3) is 0 Å². The Labute approximate surface area is 132 Å². The summed E-state index contributed by atoms with van der Waals surface area (Å²) in [5.74, 6) is -0.156. The molecule has 2 aromatic heterocycles. The second kappa shape index (κ2) is 7.04. The first-order valence-electron chi connectivity index (χ1n) is 6.63. The molecule has 2 amide bonds. The lowest BCUT2D eigenvalue weighted by atomic mass is 10.3. The molecule has 8 heteroatoms. The number of pyridine rings is 1. The van der Waals surface area contributed by atoms with Gasteiger partial charge in [0.1, 0.15) is 11.9 Å². The van der Waals surface area contributed by atoms with Gasteiger partial charge in [-0.25, -0.2) is 4.98 Å². The molecule has 0 aliphatic rings. The van der Waals surface area contributed by atoms with Crippen LogP contribution in [0, 0.1) is 0 Å². The SMILES string of the molecule is C[C@@H](C(=O)N(C)CC(=O)Nc1ccc(Cl)cn1)n1cccn1. The average Bonchev–Trinajstić information content (AvgIpc) is 3.02. The molecule has 2 heterocycles. The van der Waals surface area contributed by atoms with Gasteiger partial charge in [-0.2, -0.15) is 5.10 Å². The molecule has 0 bridgehead atoms. The molecule has 22 heavy (non-hydrogen) atoms. The van der Waals surface area contributed by atoms with Crippen molar-refractivity contribution in [2.45, 2.75) is 13.0 Å². The predicted molar refractivity (Wildman–Crippen MR) is 82.5 cm³/mol. The van der Waals surface area contributed by atoms with Crippen molar-refractivity contribution in [2.24, 2.45) is 0 Å². The second-order valence-electron chi connectivity index (χ2n) is 4.77. The summed E-state index contributed by atoms with van der Waals surface area (Å²) in [6.45, 7) is 1.65. The van der Waals surface area contributed by atoms with Gasteiger partial charge in [0.25, 0.3) is 0 Å². The van der Waals surface area contributed by atoms with Crippen LogP contribution in [0.15, 0.2) is 36.8 Å². The summed E-state index contributed by atoms with van der Waals surface area (Å²) in [6, 6.07) is 4.48. The van der Waals surface area contributed by atoms with Gasteiger partial charge in [-0.3, -0.25) is 14.3 Å². The Balaban J connectivity index is 1.90. The first-order valence-corrected chi connectivity index (χ1v) is 7.00. The molecule has 1 atom stereocenters. The highest BCUT2D eigenvalue weighted by atomic mass is 35.5. The number of nitrogens with zero attached hydrogens (tertiary/aromatic N) is 4. The molecule has 0 radical (unpaired) electrons. The van der Waals surface area contributed by atoms with E-state index in [-0.39, 0.29) is 18.4 Å². The first-order chi connectivity index (χ1) is 10.5. The summed E-state index contributed by atoms with van der Waals surface area (Å²) < 4.78 is 1.54. The van der Waals surface area contributed by atoms with Gasteiger partial charge in [-0.15, -0.1) is 0 Å². The van der Waals surface area contributed by atoms with Crippen molar-refractivity contribution in [3.63, 3.8) is 0 Å². The zero-order chi connectivity index (χ0) is 16.1. The van der Waals surface area contributed by atoms with Crippen LogP contribution >= 0.6 is 11.6 Å². The fourth-order valence-corrected chi connectivity index (χ4v) is 1.98. The van der Waals surface area contributed by atoms with Gasteiger partial charge >= 0.3 is 0 Å². The Bertz CT molecular complexity index is 642. The van der Waals surface area contributed by atoms with Crippen molar-refractivity contribution >= 4 is 29.2 Å². The summed E-state index contributed by atoms with van der Waals surface area (Å²) >= 11 is 5.72. The quantitative estimate of drug-likeness (QED) is 0.907. The van der Waals surface area contributed by atoms with Crippen molar-refractivity contribution in [3.05, 3.63) is 41.8 Å². The first kappa shape index (κ1) is 16.0. The summed E-state index contributed by atoms with van der Waals surface area (Å²) in [7, 11) is 1.57. The predicted octanol–water partition coefficient (Wildman–Crippen LogP) is 1.59. The molecule has 116 valence electrons. The van der Waals surface area contributed by atoms with Crippen LogP contribution in [0.2, 0.25) is 5.02 Å².